The lowest BCUT2D eigenvalue weighted by molar-refractivity contribution is 0.881. The smallest absolute Gasteiger partial charge is 0.164 e. The van der Waals surface area contributed by atoms with E-state index >= 15 is 0 Å². The molecule has 4 nitrogen and oxygen atoms in total. The summed E-state index contributed by atoms with van der Waals surface area (Å²) >= 11 is 1.92. The second-order valence-electron chi connectivity index (χ2n) is 14.4. The van der Waals surface area contributed by atoms with Crippen molar-refractivity contribution in [2.24, 2.45) is 0 Å². The van der Waals surface area contributed by atoms with Gasteiger partial charge in [0, 0.05) is 49.2 Å². The van der Waals surface area contributed by atoms with Crippen LogP contribution in [-0.2, 0) is 0 Å². The van der Waals surface area contributed by atoms with Gasteiger partial charge >= 0.3 is 0 Å². The van der Waals surface area contributed by atoms with Crippen LogP contribution in [0, 0.1) is 0 Å². The fourth-order valence-electron chi connectivity index (χ4n) is 8.20. The number of rotatable bonds is 6. The monoisotopic (exact) mass is 734 g/mol. The van der Waals surface area contributed by atoms with Crippen LogP contribution in [0.5, 0.6) is 0 Å². The Balaban J connectivity index is 1.03. The Morgan fingerprint density at radius 2 is 0.929 bits per heavy atom. The lowest BCUT2D eigenvalue weighted by Crippen LogP contribution is -2.06. The summed E-state index contributed by atoms with van der Waals surface area (Å²) in [6.45, 7) is 0. The Morgan fingerprint density at radius 1 is 0.411 bits per heavy atom. The molecule has 0 saturated carbocycles. The van der Waals surface area contributed by atoms with Crippen molar-refractivity contribution in [3.8, 4) is 62.1 Å². The summed E-state index contributed by atoms with van der Waals surface area (Å²) in [5.74, 6) is 2.35. The summed E-state index contributed by atoms with van der Waals surface area (Å²) in [6, 6.07) is 60.3. The first-order chi connectivity index (χ1) is 27.7. The molecule has 0 fully saturated rings. The predicted molar refractivity (Wildman–Crippen MR) is 232 cm³/mol. The molecule has 5 heteroatoms. The van der Waals surface area contributed by atoms with Gasteiger partial charge in [-0.25, -0.2) is 15.0 Å². The first-order valence-corrected chi connectivity index (χ1v) is 19.9. The van der Waals surface area contributed by atoms with Crippen molar-refractivity contribution in [3.05, 3.63) is 200 Å². The van der Waals surface area contributed by atoms with E-state index in [1.807, 2.05) is 17.8 Å². The third-order valence-electron chi connectivity index (χ3n) is 11.0. The van der Waals surface area contributed by atoms with E-state index in [1.54, 1.807) is 0 Å². The topological polar surface area (TPSA) is 43.6 Å². The number of benzene rings is 7. The third-order valence-corrected chi connectivity index (χ3v) is 12.4. The van der Waals surface area contributed by atoms with Gasteiger partial charge in [-0.3, -0.25) is 0 Å². The number of allylic oxidation sites excluding steroid dienone is 3. The van der Waals surface area contributed by atoms with Crippen molar-refractivity contribution in [3.63, 3.8) is 0 Å². The number of nitrogens with zero attached hydrogens (tertiary/aromatic N) is 4. The Hall–Kier alpha value is -6.82. The molecular weight excluding hydrogens is 701 g/mol. The largest absolute Gasteiger partial charge is 0.309 e. The Morgan fingerprint density at radius 3 is 1.64 bits per heavy atom. The first kappa shape index (κ1) is 32.6. The Kier molecular flexibility index (Phi) is 7.85. The molecule has 2 atom stereocenters. The van der Waals surface area contributed by atoms with Crippen molar-refractivity contribution in [1.82, 2.24) is 19.5 Å². The van der Waals surface area contributed by atoms with E-state index in [9.17, 15) is 0 Å². The van der Waals surface area contributed by atoms with Crippen LogP contribution in [0.1, 0.15) is 11.5 Å². The second kappa shape index (κ2) is 13.5. The lowest BCUT2D eigenvalue weighted by atomic mass is 9.92. The van der Waals surface area contributed by atoms with E-state index in [0.717, 1.165) is 39.0 Å². The average molecular weight is 735 g/mol. The molecular formula is C51H34N4S. The molecule has 0 spiro atoms. The Labute approximate surface area is 329 Å². The number of thioether (sulfide) groups is 1. The van der Waals surface area contributed by atoms with Crippen LogP contribution in [0.4, 0.5) is 0 Å². The van der Waals surface area contributed by atoms with E-state index in [2.05, 4.69) is 193 Å². The normalized spacial score (nSPS) is 15.6. The molecule has 0 radical (unpaired) electrons. The van der Waals surface area contributed by atoms with Gasteiger partial charge in [-0.15, -0.1) is 11.8 Å². The molecule has 56 heavy (non-hydrogen) atoms. The molecule has 3 heterocycles. The zero-order chi connectivity index (χ0) is 37.0. The molecule has 11 rings (SSSR count). The maximum absolute atomic E-state index is 5.21. The van der Waals surface area contributed by atoms with E-state index in [1.165, 1.54) is 37.9 Å². The summed E-state index contributed by atoms with van der Waals surface area (Å²) in [6.07, 6.45) is 8.94. The van der Waals surface area contributed by atoms with Crippen LogP contribution in [0.2, 0.25) is 0 Å². The van der Waals surface area contributed by atoms with Gasteiger partial charge in [-0.1, -0.05) is 164 Å². The zero-order valence-corrected chi connectivity index (χ0v) is 31.1. The minimum Gasteiger partial charge on any atom is -0.309 e. The molecule has 0 amide bonds. The molecule has 264 valence electrons. The molecule has 9 aromatic rings. The second-order valence-corrected chi connectivity index (χ2v) is 15.6. The van der Waals surface area contributed by atoms with Gasteiger partial charge < -0.3 is 4.57 Å². The standard InChI is InChI=1S/C51H34N4S/c1-3-11-33(12-4-1)34-19-21-35(22-20-34)36-23-25-37(26-24-36)49-52-50(54-51(53-49)39-28-30-44-43-16-8-10-18-47(43)56-48(44)32-39)38-27-29-42-41-15-7-9-17-45(41)55(46(42)31-38)40-13-5-2-6-14-40/h1-32,43,47H. The Bertz CT molecular complexity index is 2980. The van der Waals surface area contributed by atoms with Crippen molar-refractivity contribution < 1.29 is 0 Å². The van der Waals surface area contributed by atoms with Gasteiger partial charge in [0.1, 0.15) is 0 Å². The molecule has 0 bridgehead atoms. The minimum atomic E-state index is 0.398. The highest BCUT2D eigenvalue weighted by Crippen LogP contribution is 2.49. The molecule has 1 aliphatic heterocycles. The number of hydrogen-bond acceptors (Lipinski definition) is 4. The molecule has 2 aromatic heterocycles. The van der Waals surface area contributed by atoms with Gasteiger partial charge in [0.15, 0.2) is 17.5 Å². The number of hydrogen-bond donors (Lipinski definition) is 0. The molecule has 0 saturated heterocycles. The fourth-order valence-corrected chi connectivity index (χ4v) is 9.58. The molecule has 0 N–H and O–H groups in total. The number of fused-ring (bicyclic) bond motifs is 6. The van der Waals surface area contributed by atoms with E-state index in [0.29, 0.717) is 28.6 Å². The first-order valence-electron chi connectivity index (χ1n) is 19.0. The van der Waals surface area contributed by atoms with Crippen LogP contribution in [0.3, 0.4) is 0 Å². The summed E-state index contributed by atoms with van der Waals surface area (Å²) < 4.78 is 2.34. The number of aromatic nitrogens is 4. The fraction of sp³-hybridized carbons (Fsp3) is 0.0392. The summed E-state index contributed by atoms with van der Waals surface area (Å²) in [7, 11) is 0. The molecule has 1 aliphatic carbocycles. The van der Waals surface area contributed by atoms with E-state index in [4.69, 9.17) is 15.0 Å². The van der Waals surface area contributed by atoms with Crippen molar-refractivity contribution in [1.29, 1.82) is 0 Å². The molecule has 2 unspecified atom stereocenters. The third kappa shape index (κ3) is 5.67. The van der Waals surface area contributed by atoms with Gasteiger partial charge in [0.25, 0.3) is 0 Å². The summed E-state index contributed by atoms with van der Waals surface area (Å²) in [4.78, 5) is 16.8. The highest BCUT2D eigenvalue weighted by molar-refractivity contribution is 8.00. The predicted octanol–water partition coefficient (Wildman–Crippen LogP) is 13.0. The summed E-state index contributed by atoms with van der Waals surface area (Å²) in [5, 5.41) is 2.83. The van der Waals surface area contributed by atoms with Gasteiger partial charge in [0.05, 0.1) is 11.0 Å². The van der Waals surface area contributed by atoms with Crippen LogP contribution >= 0.6 is 11.8 Å². The quantitative estimate of drug-likeness (QED) is 0.171. The summed E-state index contributed by atoms with van der Waals surface area (Å²) in [5.41, 5.74) is 12.3. The zero-order valence-electron chi connectivity index (χ0n) is 30.3. The van der Waals surface area contributed by atoms with Crippen LogP contribution in [-0.4, -0.2) is 24.8 Å². The maximum atomic E-state index is 5.21. The highest BCUT2D eigenvalue weighted by atomic mass is 32.2. The van der Waals surface area contributed by atoms with Crippen molar-refractivity contribution in [2.45, 2.75) is 16.1 Å². The average Bonchev–Trinajstić information content (AvgIpc) is 3.82. The molecule has 2 aliphatic rings. The number of para-hydroxylation sites is 2. The van der Waals surface area contributed by atoms with Gasteiger partial charge in [-0.2, -0.15) is 0 Å². The SMILES string of the molecule is C1=CC2Sc3cc(-c4nc(-c5ccc(-c6ccc(-c7ccccc7)cc6)cc5)nc(-c5ccc6c7ccccc7n(-c7ccccc7)c6c5)n4)ccc3C2C=C1. The molecule has 7 aromatic carbocycles. The maximum Gasteiger partial charge on any atom is 0.164 e. The van der Waals surface area contributed by atoms with Crippen LogP contribution < -0.4 is 0 Å². The van der Waals surface area contributed by atoms with Gasteiger partial charge in [0.2, 0.25) is 0 Å². The van der Waals surface area contributed by atoms with Gasteiger partial charge in [-0.05, 0) is 58.1 Å². The lowest BCUT2D eigenvalue weighted by Gasteiger charge is -2.14. The minimum absolute atomic E-state index is 0.398. The van der Waals surface area contributed by atoms with Crippen molar-refractivity contribution in [2.75, 3.05) is 0 Å². The van der Waals surface area contributed by atoms with E-state index in [-0.39, 0.29) is 0 Å². The van der Waals surface area contributed by atoms with Crippen LogP contribution in [0.15, 0.2) is 199 Å². The van der Waals surface area contributed by atoms with E-state index < -0.39 is 0 Å². The highest BCUT2D eigenvalue weighted by Gasteiger charge is 2.31. The van der Waals surface area contributed by atoms with Crippen LogP contribution in [0.25, 0.3) is 83.9 Å². The van der Waals surface area contributed by atoms with Crippen molar-refractivity contribution >= 4 is 33.6 Å².